The molecule has 0 radical (unpaired) electrons. The highest BCUT2D eigenvalue weighted by Crippen LogP contribution is 2.42. The van der Waals surface area contributed by atoms with Gasteiger partial charge in [0.05, 0.1) is 10.7 Å². The zero-order valence-electron chi connectivity index (χ0n) is 22.5. The average Bonchev–Trinajstić information content (AvgIpc) is 3.45. The number of amides is 1. The van der Waals surface area contributed by atoms with Gasteiger partial charge in [-0.1, -0.05) is 41.5 Å². The van der Waals surface area contributed by atoms with Crippen LogP contribution in [0.1, 0.15) is 86.9 Å². The lowest BCUT2D eigenvalue weighted by molar-refractivity contribution is -0.126. The monoisotopic (exact) mass is 522 g/mol. The molecule has 0 spiro atoms. The minimum atomic E-state index is -0.172. The molecule has 36 heavy (non-hydrogen) atoms. The van der Waals surface area contributed by atoms with Crippen LogP contribution in [0, 0.1) is 6.92 Å². The summed E-state index contributed by atoms with van der Waals surface area (Å²) in [5.74, 6) is 0.863. The molecule has 0 saturated carbocycles. The number of aromatic nitrogens is 1. The fourth-order valence-corrected chi connectivity index (χ4v) is 6.51. The number of likely N-dealkylation sites (tertiary alicyclic amines) is 1. The van der Waals surface area contributed by atoms with Crippen LogP contribution in [0.25, 0.3) is 17.3 Å². The summed E-state index contributed by atoms with van der Waals surface area (Å²) in [6, 6.07) is 6.28. The molecule has 1 aliphatic rings. The first-order valence-electron chi connectivity index (χ1n) is 12.7. The second kappa shape index (κ2) is 10.1. The summed E-state index contributed by atoms with van der Waals surface area (Å²) < 4.78 is 0. The molecule has 6 heteroatoms. The lowest BCUT2D eigenvalue weighted by Crippen LogP contribution is -2.36. The lowest BCUT2D eigenvalue weighted by atomic mass is 9.78. The Morgan fingerprint density at radius 2 is 1.67 bits per heavy atom. The fourth-order valence-electron chi connectivity index (χ4n) is 4.69. The van der Waals surface area contributed by atoms with Crippen molar-refractivity contribution in [1.82, 2.24) is 9.88 Å². The molecule has 1 fully saturated rings. The van der Waals surface area contributed by atoms with Crippen molar-refractivity contribution < 1.29 is 9.90 Å². The van der Waals surface area contributed by atoms with Crippen molar-refractivity contribution >= 4 is 34.7 Å². The SMILES string of the molecule is Cc1ccsc1C=CC(=O)N1CCC(c2nc(-c3cc(C(C)(C)C)c(O)c(C(C)(C)C)c3)cs2)CC1. The van der Waals surface area contributed by atoms with E-state index in [2.05, 4.69) is 77.4 Å². The predicted molar refractivity (Wildman–Crippen MR) is 153 cm³/mol. The number of hydrogen-bond acceptors (Lipinski definition) is 5. The minimum Gasteiger partial charge on any atom is -0.507 e. The van der Waals surface area contributed by atoms with E-state index < -0.39 is 0 Å². The van der Waals surface area contributed by atoms with Gasteiger partial charge in [-0.3, -0.25) is 4.79 Å². The topological polar surface area (TPSA) is 53.4 Å². The lowest BCUT2D eigenvalue weighted by Gasteiger charge is -2.30. The molecule has 1 saturated heterocycles. The van der Waals surface area contributed by atoms with Gasteiger partial charge in [0.25, 0.3) is 0 Å². The van der Waals surface area contributed by atoms with Crippen LogP contribution in [0.5, 0.6) is 5.75 Å². The van der Waals surface area contributed by atoms with Crippen LogP contribution < -0.4 is 0 Å². The van der Waals surface area contributed by atoms with Gasteiger partial charge in [-0.25, -0.2) is 4.98 Å². The van der Waals surface area contributed by atoms with Crippen LogP contribution in [-0.4, -0.2) is 34.0 Å². The van der Waals surface area contributed by atoms with E-state index in [-0.39, 0.29) is 16.7 Å². The maximum absolute atomic E-state index is 12.7. The Balaban J connectivity index is 1.49. The number of piperidine rings is 1. The summed E-state index contributed by atoms with van der Waals surface area (Å²) in [6.45, 7) is 16.4. The third kappa shape index (κ3) is 5.76. The van der Waals surface area contributed by atoms with E-state index in [9.17, 15) is 9.90 Å². The van der Waals surface area contributed by atoms with Gasteiger partial charge < -0.3 is 10.0 Å². The van der Waals surface area contributed by atoms with Crippen molar-refractivity contribution in [1.29, 1.82) is 0 Å². The number of aryl methyl sites for hydroxylation is 1. The van der Waals surface area contributed by atoms with E-state index in [0.717, 1.165) is 58.2 Å². The number of phenols is 1. The molecule has 2 aromatic heterocycles. The van der Waals surface area contributed by atoms with Crippen LogP contribution in [0.3, 0.4) is 0 Å². The van der Waals surface area contributed by atoms with Crippen molar-refractivity contribution in [2.45, 2.75) is 78.1 Å². The first kappa shape index (κ1) is 26.6. The van der Waals surface area contributed by atoms with E-state index >= 15 is 0 Å². The standard InChI is InChI=1S/C30H38N2O2S2/c1-19-12-15-35-25(19)8-9-26(33)32-13-10-20(11-14-32)28-31-24(18-36-28)21-16-22(29(2,3)4)27(34)23(17-21)30(5,6)7/h8-9,12,15-18,20,34H,10-11,13-14H2,1-7H3. The maximum Gasteiger partial charge on any atom is 0.246 e. The molecule has 0 atom stereocenters. The van der Waals surface area contributed by atoms with Crippen molar-refractivity contribution in [2.24, 2.45) is 0 Å². The maximum atomic E-state index is 12.7. The molecule has 1 amide bonds. The van der Waals surface area contributed by atoms with E-state index in [1.54, 1.807) is 28.7 Å². The van der Waals surface area contributed by atoms with Crippen LogP contribution in [-0.2, 0) is 15.6 Å². The van der Waals surface area contributed by atoms with Gasteiger partial charge in [-0.15, -0.1) is 22.7 Å². The number of carbonyl (C=O) groups excluding carboxylic acids is 1. The quantitative estimate of drug-likeness (QED) is 0.354. The van der Waals surface area contributed by atoms with Crippen molar-refractivity contribution in [3.8, 4) is 17.0 Å². The number of hydrogen-bond donors (Lipinski definition) is 1. The average molecular weight is 523 g/mol. The van der Waals surface area contributed by atoms with Crippen molar-refractivity contribution in [3.05, 3.63) is 61.6 Å². The molecule has 192 valence electrons. The van der Waals surface area contributed by atoms with E-state index in [1.807, 2.05) is 11.0 Å². The van der Waals surface area contributed by atoms with Crippen molar-refractivity contribution in [2.75, 3.05) is 13.1 Å². The summed E-state index contributed by atoms with van der Waals surface area (Å²) in [5.41, 5.74) is 4.81. The van der Waals surface area contributed by atoms with Crippen LogP contribution in [0.15, 0.2) is 35.0 Å². The second-order valence-electron chi connectivity index (χ2n) is 11.9. The predicted octanol–water partition coefficient (Wildman–Crippen LogP) is 7.90. The number of phenolic OH excluding ortho intramolecular Hbond substituents is 1. The number of benzene rings is 1. The van der Waals surface area contributed by atoms with Crippen LogP contribution >= 0.6 is 22.7 Å². The molecule has 3 heterocycles. The first-order valence-corrected chi connectivity index (χ1v) is 14.5. The molecule has 1 aliphatic heterocycles. The Labute approximate surface area is 223 Å². The zero-order chi connectivity index (χ0) is 26.3. The zero-order valence-corrected chi connectivity index (χ0v) is 24.1. The number of nitrogens with zero attached hydrogens (tertiary/aromatic N) is 2. The van der Waals surface area contributed by atoms with E-state index in [0.29, 0.717) is 11.7 Å². The third-order valence-electron chi connectivity index (χ3n) is 6.98. The van der Waals surface area contributed by atoms with Gasteiger partial charge in [0.15, 0.2) is 0 Å². The van der Waals surface area contributed by atoms with Crippen molar-refractivity contribution in [3.63, 3.8) is 0 Å². The molecule has 4 rings (SSSR count). The van der Waals surface area contributed by atoms with E-state index in [1.165, 1.54) is 5.56 Å². The molecule has 4 nitrogen and oxygen atoms in total. The van der Waals surface area contributed by atoms with Gasteiger partial charge in [-0.05, 0) is 65.8 Å². The number of carbonyl (C=O) groups is 1. The number of thiazole rings is 1. The van der Waals surface area contributed by atoms with Gasteiger partial charge in [-0.2, -0.15) is 0 Å². The normalized spacial score (nSPS) is 15.7. The molecule has 3 aromatic rings. The summed E-state index contributed by atoms with van der Waals surface area (Å²) in [4.78, 5) is 20.9. The number of rotatable bonds is 4. The van der Waals surface area contributed by atoms with Gasteiger partial charge >= 0.3 is 0 Å². The highest BCUT2D eigenvalue weighted by Gasteiger charge is 2.28. The number of aromatic hydroxyl groups is 1. The van der Waals surface area contributed by atoms with Gasteiger partial charge in [0, 0.05) is 52.0 Å². The Morgan fingerprint density at radius 3 is 2.19 bits per heavy atom. The smallest absolute Gasteiger partial charge is 0.246 e. The summed E-state index contributed by atoms with van der Waals surface area (Å²) in [7, 11) is 0. The molecule has 1 N–H and O–H groups in total. The second-order valence-corrected chi connectivity index (χ2v) is 13.7. The fraction of sp³-hybridized carbons (Fsp3) is 0.467. The first-order chi connectivity index (χ1) is 16.8. The minimum absolute atomic E-state index is 0.0922. The highest BCUT2D eigenvalue weighted by molar-refractivity contribution is 7.11. The Morgan fingerprint density at radius 1 is 1.06 bits per heavy atom. The summed E-state index contributed by atoms with van der Waals surface area (Å²) in [5, 5.41) is 16.4. The molecule has 0 aliphatic carbocycles. The van der Waals surface area contributed by atoms with Gasteiger partial charge in [0.1, 0.15) is 5.75 Å². The summed E-state index contributed by atoms with van der Waals surface area (Å²) in [6.07, 6.45) is 5.52. The molecule has 0 unspecified atom stereocenters. The molecule has 1 aromatic carbocycles. The third-order valence-corrected chi connectivity index (χ3v) is 8.97. The van der Waals surface area contributed by atoms with E-state index in [4.69, 9.17) is 4.98 Å². The Kier molecular flexibility index (Phi) is 7.50. The Bertz CT molecular complexity index is 1230. The van der Waals surface area contributed by atoms with Crippen LogP contribution in [0.2, 0.25) is 0 Å². The highest BCUT2D eigenvalue weighted by atomic mass is 32.1. The van der Waals surface area contributed by atoms with Crippen LogP contribution in [0.4, 0.5) is 0 Å². The molecular weight excluding hydrogens is 484 g/mol. The number of thiophene rings is 1. The largest absolute Gasteiger partial charge is 0.507 e. The molecule has 0 bridgehead atoms. The molecular formula is C30H38N2O2S2. The van der Waals surface area contributed by atoms with Gasteiger partial charge in [0.2, 0.25) is 5.91 Å². The summed E-state index contributed by atoms with van der Waals surface area (Å²) >= 11 is 3.37. The Hall–Kier alpha value is -2.44.